The summed E-state index contributed by atoms with van der Waals surface area (Å²) in [6.07, 6.45) is 0. The number of nitro groups is 1. The van der Waals surface area contributed by atoms with Gasteiger partial charge in [-0.3, -0.25) is 10.1 Å². The lowest BCUT2D eigenvalue weighted by molar-refractivity contribution is -0.385. The molecule has 104 valence electrons. The maximum Gasteiger partial charge on any atom is 0.311 e. The van der Waals surface area contributed by atoms with Gasteiger partial charge in [-0.1, -0.05) is 23.7 Å². The van der Waals surface area contributed by atoms with Gasteiger partial charge in [0.1, 0.15) is 5.75 Å². The van der Waals surface area contributed by atoms with Crippen molar-refractivity contribution in [3.05, 3.63) is 62.7 Å². The largest absolute Gasteiger partial charge is 0.450 e. The quantitative estimate of drug-likeness (QED) is 0.686. The van der Waals surface area contributed by atoms with Crippen molar-refractivity contribution in [2.24, 2.45) is 5.73 Å². The molecule has 2 aromatic carbocycles. The molecule has 2 N–H and O–H groups in total. The molecule has 0 fully saturated rings. The second-order valence-corrected chi connectivity index (χ2v) is 4.66. The van der Waals surface area contributed by atoms with Crippen LogP contribution >= 0.6 is 11.6 Å². The summed E-state index contributed by atoms with van der Waals surface area (Å²) < 4.78 is 5.62. The molecule has 0 saturated carbocycles. The van der Waals surface area contributed by atoms with Crippen LogP contribution in [0.3, 0.4) is 0 Å². The van der Waals surface area contributed by atoms with Crippen molar-refractivity contribution < 1.29 is 9.66 Å². The van der Waals surface area contributed by atoms with E-state index in [0.29, 0.717) is 16.3 Å². The van der Waals surface area contributed by atoms with E-state index in [2.05, 4.69) is 0 Å². The zero-order valence-electron chi connectivity index (χ0n) is 10.8. The van der Waals surface area contributed by atoms with Gasteiger partial charge in [0.25, 0.3) is 0 Å². The third-order valence-electron chi connectivity index (χ3n) is 2.81. The molecule has 2 aromatic rings. The van der Waals surface area contributed by atoms with Crippen LogP contribution in [0.15, 0.2) is 36.4 Å². The van der Waals surface area contributed by atoms with E-state index in [4.69, 9.17) is 22.1 Å². The van der Waals surface area contributed by atoms with E-state index in [1.807, 2.05) is 0 Å². The Labute approximate surface area is 121 Å². The molecule has 0 saturated heterocycles. The maximum absolute atomic E-state index is 11.1. The third kappa shape index (κ3) is 2.89. The first-order chi connectivity index (χ1) is 9.52. The second kappa shape index (κ2) is 5.90. The molecule has 0 aliphatic rings. The smallest absolute Gasteiger partial charge is 0.311 e. The Balaban J connectivity index is 2.45. The van der Waals surface area contributed by atoms with Crippen LogP contribution in [0.5, 0.6) is 11.5 Å². The minimum absolute atomic E-state index is 0.0899. The summed E-state index contributed by atoms with van der Waals surface area (Å²) in [5, 5.41) is 11.5. The molecule has 0 unspecified atom stereocenters. The topological polar surface area (TPSA) is 78.4 Å². The minimum Gasteiger partial charge on any atom is -0.450 e. The maximum atomic E-state index is 11.1. The number of hydrogen-bond acceptors (Lipinski definition) is 4. The van der Waals surface area contributed by atoms with Gasteiger partial charge in [0.2, 0.25) is 5.75 Å². The van der Waals surface area contributed by atoms with E-state index in [1.54, 1.807) is 37.3 Å². The summed E-state index contributed by atoms with van der Waals surface area (Å²) in [5.41, 5.74) is 6.94. The Morgan fingerprint density at radius 2 is 2.05 bits per heavy atom. The number of halogens is 1. The van der Waals surface area contributed by atoms with Crippen LogP contribution in [0.2, 0.25) is 5.02 Å². The molecular formula is C14H13ClN2O3. The van der Waals surface area contributed by atoms with Crippen molar-refractivity contribution in [2.45, 2.75) is 13.5 Å². The van der Waals surface area contributed by atoms with Crippen LogP contribution in [0.25, 0.3) is 0 Å². The molecule has 0 heterocycles. The van der Waals surface area contributed by atoms with E-state index < -0.39 is 4.92 Å². The first-order valence-electron chi connectivity index (χ1n) is 5.93. The molecule has 0 radical (unpaired) electrons. The van der Waals surface area contributed by atoms with E-state index in [-0.39, 0.29) is 18.0 Å². The van der Waals surface area contributed by atoms with Crippen LogP contribution < -0.4 is 10.5 Å². The van der Waals surface area contributed by atoms with Gasteiger partial charge in [0.15, 0.2) is 0 Å². The number of hydrogen-bond donors (Lipinski definition) is 1. The number of nitrogens with zero attached hydrogens (tertiary/aromatic N) is 1. The average Bonchev–Trinajstić information content (AvgIpc) is 2.41. The van der Waals surface area contributed by atoms with E-state index >= 15 is 0 Å². The van der Waals surface area contributed by atoms with Gasteiger partial charge in [-0.15, -0.1) is 0 Å². The predicted molar refractivity (Wildman–Crippen MR) is 77.3 cm³/mol. The fraction of sp³-hybridized carbons (Fsp3) is 0.143. The summed E-state index contributed by atoms with van der Waals surface area (Å²) in [4.78, 5) is 10.6. The fourth-order valence-electron chi connectivity index (χ4n) is 1.81. The number of nitrogens with two attached hydrogens (primary N) is 1. The van der Waals surface area contributed by atoms with E-state index in [9.17, 15) is 10.1 Å². The monoisotopic (exact) mass is 292 g/mol. The Morgan fingerprint density at radius 1 is 1.30 bits per heavy atom. The summed E-state index contributed by atoms with van der Waals surface area (Å²) in [6, 6.07) is 9.85. The summed E-state index contributed by atoms with van der Waals surface area (Å²) >= 11 is 6.03. The van der Waals surface area contributed by atoms with Crippen molar-refractivity contribution in [3.63, 3.8) is 0 Å². The Hall–Kier alpha value is -2.11. The third-order valence-corrected chi connectivity index (χ3v) is 3.17. The summed E-state index contributed by atoms with van der Waals surface area (Å²) in [5.74, 6) is 0.588. The number of rotatable bonds is 4. The van der Waals surface area contributed by atoms with Gasteiger partial charge in [0, 0.05) is 23.2 Å². The van der Waals surface area contributed by atoms with Crippen molar-refractivity contribution in [1.82, 2.24) is 0 Å². The lowest BCUT2D eigenvalue weighted by atomic mass is 10.2. The fourth-order valence-corrected chi connectivity index (χ4v) is 2.05. The van der Waals surface area contributed by atoms with Crippen LogP contribution in [0.1, 0.15) is 11.1 Å². The van der Waals surface area contributed by atoms with Gasteiger partial charge >= 0.3 is 5.69 Å². The van der Waals surface area contributed by atoms with Crippen LogP contribution in [-0.2, 0) is 6.54 Å². The zero-order valence-corrected chi connectivity index (χ0v) is 11.6. The number of benzene rings is 2. The summed E-state index contributed by atoms with van der Waals surface area (Å²) in [6.45, 7) is 1.97. The van der Waals surface area contributed by atoms with Crippen molar-refractivity contribution in [2.75, 3.05) is 0 Å². The molecule has 0 aliphatic carbocycles. The molecule has 5 nitrogen and oxygen atoms in total. The van der Waals surface area contributed by atoms with E-state index in [1.165, 1.54) is 6.07 Å². The van der Waals surface area contributed by atoms with Crippen LogP contribution in [0.4, 0.5) is 5.69 Å². The van der Waals surface area contributed by atoms with Gasteiger partial charge in [-0.25, -0.2) is 0 Å². The zero-order chi connectivity index (χ0) is 14.7. The molecule has 2 rings (SSSR count). The molecule has 0 bridgehead atoms. The lowest BCUT2D eigenvalue weighted by Gasteiger charge is -2.11. The normalized spacial score (nSPS) is 10.3. The van der Waals surface area contributed by atoms with E-state index in [0.717, 1.165) is 5.56 Å². The molecule has 0 aliphatic heterocycles. The molecule has 0 spiro atoms. The standard InChI is InChI=1S/C14H13ClN2O3/c1-9-5-6-14(12(7-9)17(18)19)20-13-4-2-3-11(15)10(13)8-16/h2-7H,8,16H2,1H3. The highest BCUT2D eigenvalue weighted by molar-refractivity contribution is 6.31. The average molecular weight is 293 g/mol. The van der Waals surface area contributed by atoms with Gasteiger partial charge in [-0.2, -0.15) is 0 Å². The highest BCUT2D eigenvalue weighted by atomic mass is 35.5. The Bertz CT molecular complexity index is 659. The molecule has 0 amide bonds. The van der Waals surface area contributed by atoms with Gasteiger partial charge < -0.3 is 10.5 Å². The molecule has 0 atom stereocenters. The highest BCUT2D eigenvalue weighted by Crippen LogP contribution is 2.35. The Morgan fingerprint density at radius 3 is 2.70 bits per heavy atom. The minimum atomic E-state index is -0.477. The number of ether oxygens (including phenoxy) is 1. The van der Waals surface area contributed by atoms with Crippen molar-refractivity contribution in [3.8, 4) is 11.5 Å². The van der Waals surface area contributed by atoms with Crippen molar-refractivity contribution in [1.29, 1.82) is 0 Å². The van der Waals surface area contributed by atoms with Gasteiger partial charge in [-0.05, 0) is 30.7 Å². The highest BCUT2D eigenvalue weighted by Gasteiger charge is 2.17. The van der Waals surface area contributed by atoms with Crippen LogP contribution in [0, 0.1) is 17.0 Å². The molecule has 0 aromatic heterocycles. The van der Waals surface area contributed by atoms with Crippen molar-refractivity contribution >= 4 is 17.3 Å². The second-order valence-electron chi connectivity index (χ2n) is 4.25. The van der Waals surface area contributed by atoms with Gasteiger partial charge in [0.05, 0.1) is 4.92 Å². The lowest BCUT2D eigenvalue weighted by Crippen LogP contribution is -2.01. The molecular weight excluding hydrogens is 280 g/mol. The molecule has 6 heteroatoms. The Kier molecular flexibility index (Phi) is 4.22. The predicted octanol–water partition coefficient (Wildman–Crippen LogP) is 3.81. The first-order valence-corrected chi connectivity index (χ1v) is 6.31. The number of nitro benzene ring substituents is 1. The summed E-state index contributed by atoms with van der Waals surface area (Å²) in [7, 11) is 0. The van der Waals surface area contributed by atoms with Crippen LogP contribution in [-0.4, -0.2) is 4.92 Å². The SMILES string of the molecule is Cc1ccc(Oc2cccc(Cl)c2CN)c([N+](=O)[O-])c1. The number of aryl methyl sites for hydroxylation is 1. The molecule has 20 heavy (non-hydrogen) atoms. The first kappa shape index (κ1) is 14.3.